The van der Waals surface area contributed by atoms with E-state index < -0.39 is 0 Å². The first-order chi connectivity index (χ1) is 16.6. The van der Waals surface area contributed by atoms with Crippen molar-refractivity contribution in [2.24, 2.45) is 0 Å². The largest absolute Gasteiger partial charge is 0.367 e. The number of hydrogen-bond acceptors (Lipinski definition) is 5. The normalized spacial score (nSPS) is 15.5. The SMILES string of the molecule is CC(C)c1cnn2c(N[C@@H]3CCc4[nH]c5ccccc5c4C3)cc(-c3cncc(C#N)c3)nc12. The van der Waals surface area contributed by atoms with Crippen LogP contribution in [0.1, 0.15) is 48.6 Å². The van der Waals surface area contributed by atoms with Gasteiger partial charge in [-0.2, -0.15) is 14.9 Å². The fraction of sp³-hybridized carbons (Fsp3) is 0.259. The van der Waals surface area contributed by atoms with Gasteiger partial charge in [-0.05, 0) is 42.9 Å². The molecular formula is C27H25N7. The fourth-order valence-corrected chi connectivity index (χ4v) is 4.98. The van der Waals surface area contributed by atoms with Crippen molar-refractivity contribution >= 4 is 22.4 Å². The Balaban J connectivity index is 1.42. The first kappa shape index (κ1) is 20.4. The average Bonchev–Trinajstić information content (AvgIpc) is 3.46. The molecule has 0 saturated carbocycles. The van der Waals surface area contributed by atoms with Gasteiger partial charge in [0.15, 0.2) is 5.65 Å². The van der Waals surface area contributed by atoms with Crippen LogP contribution in [0, 0.1) is 11.3 Å². The second-order valence-electron chi connectivity index (χ2n) is 9.30. The zero-order chi connectivity index (χ0) is 23.2. The molecule has 0 radical (unpaired) electrons. The van der Waals surface area contributed by atoms with Crippen molar-refractivity contribution in [3.63, 3.8) is 0 Å². The second-order valence-corrected chi connectivity index (χ2v) is 9.30. The third kappa shape index (κ3) is 3.39. The molecule has 6 rings (SSSR count). The monoisotopic (exact) mass is 447 g/mol. The molecule has 0 bridgehead atoms. The Kier molecular flexibility index (Phi) is 4.80. The number of rotatable bonds is 4. The summed E-state index contributed by atoms with van der Waals surface area (Å²) in [7, 11) is 0. The Morgan fingerprint density at radius 1 is 1.18 bits per heavy atom. The van der Waals surface area contributed by atoms with Crippen molar-refractivity contribution in [3.05, 3.63) is 77.4 Å². The number of benzene rings is 1. The van der Waals surface area contributed by atoms with Gasteiger partial charge in [-0.3, -0.25) is 4.98 Å². The summed E-state index contributed by atoms with van der Waals surface area (Å²) in [6.45, 7) is 4.30. The first-order valence-electron chi connectivity index (χ1n) is 11.7. The van der Waals surface area contributed by atoms with Crippen LogP contribution in [0.4, 0.5) is 5.82 Å². The van der Waals surface area contributed by atoms with E-state index in [1.54, 1.807) is 12.4 Å². The fourth-order valence-electron chi connectivity index (χ4n) is 4.98. The molecule has 1 atom stereocenters. The van der Waals surface area contributed by atoms with Gasteiger partial charge in [-0.25, -0.2) is 4.98 Å². The minimum Gasteiger partial charge on any atom is -0.367 e. The van der Waals surface area contributed by atoms with E-state index in [4.69, 9.17) is 4.98 Å². The quantitative estimate of drug-likeness (QED) is 0.393. The van der Waals surface area contributed by atoms with Crippen LogP contribution in [0.3, 0.4) is 0 Å². The highest BCUT2D eigenvalue weighted by Crippen LogP contribution is 2.32. The molecule has 0 aliphatic heterocycles. The zero-order valence-corrected chi connectivity index (χ0v) is 19.2. The van der Waals surface area contributed by atoms with Crippen molar-refractivity contribution in [2.45, 2.75) is 45.1 Å². The van der Waals surface area contributed by atoms with Crippen LogP contribution in [0.5, 0.6) is 0 Å². The number of nitriles is 1. The number of nitrogens with zero attached hydrogens (tertiary/aromatic N) is 5. The zero-order valence-electron chi connectivity index (χ0n) is 19.2. The number of fused-ring (bicyclic) bond motifs is 4. The number of H-pyrrole nitrogens is 1. The molecule has 0 fully saturated rings. The Hall–Kier alpha value is -4.18. The third-order valence-electron chi connectivity index (χ3n) is 6.73. The van der Waals surface area contributed by atoms with Gasteiger partial charge in [0.05, 0.1) is 17.5 Å². The summed E-state index contributed by atoms with van der Waals surface area (Å²) >= 11 is 0. The highest BCUT2D eigenvalue weighted by atomic mass is 15.3. The summed E-state index contributed by atoms with van der Waals surface area (Å²) < 4.78 is 1.91. The molecule has 4 aromatic heterocycles. The van der Waals surface area contributed by atoms with Crippen molar-refractivity contribution in [1.29, 1.82) is 5.26 Å². The summed E-state index contributed by atoms with van der Waals surface area (Å²) in [5.74, 6) is 1.20. The van der Waals surface area contributed by atoms with E-state index in [2.05, 4.69) is 64.6 Å². The van der Waals surface area contributed by atoms with Gasteiger partial charge in [0.25, 0.3) is 0 Å². The summed E-state index contributed by atoms with van der Waals surface area (Å²) in [5, 5.41) is 19.1. The maximum atomic E-state index is 9.33. The molecule has 5 aromatic rings. The van der Waals surface area contributed by atoms with E-state index in [0.717, 1.165) is 47.5 Å². The van der Waals surface area contributed by atoms with Crippen LogP contribution in [-0.4, -0.2) is 30.6 Å². The van der Waals surface area contributed by atoms with Crippen molar-refractivity contribution in [2.75, 3.05) is 5.32 Å². The lowest BCUT2D eigenvalue weighted by Gasteiger charge is -2.25. The topological polar surface area (TPSA) is 94.7 Å². The molecule has 1 aliphatic rings. The predicted octanol–water partition coefficient (Wildman–Crippen LogP) is 5.24. The predicted molar refractivity (Wildman–Crippen MR) is 133 cm³/mol. The molecule has 4 heterocycles. The Morgan fingerprint density at radius 2 is 2.06 bits per heavy atom. The average molecular weight is 448 g/mol. The number of nitrogens with one attached hydrogen (secondary N) is 2. The molecule has 0 spiro atoms. The van der Waals surface area contributed by atoms with E-state index in [1.165, 1.54) is 22.2 Å². The number of pyridine rings is 1. The Morgan fingerprint density at radius 3 is 2.91 bits per heavy atom. The molecule has 1 aromatic carbocycles. The standard InChI is InChI=1S/C27H25N7/c1-16(2)22-15-30-34-26(11-25(33-27(22)34)18-9-17(12-28)13-29-14-18)31-19-7-8-24-21(10-19)20-5-3-4-6-23(20)32-24/h3-6,9,11,13-16,19,31-32H,7-8,10H2,1-2H3/t19-/m1/s1. The highest BCUT2D eigenvalue weighted by molar-refractivity contribution is 5.85. The third-order valence-corrected chi connectivity index (χ3v) is 6.73. The number of hydrogen-bond donors (Lipinski definition) is 2. The van der Waals surface area contributed by atoms with Crippen LogP contribution in [0.15, 0.2) is 55.0 Å². The van der Waals surface area contributed by atoms with Crippen molar-refractivity contribution in [3.8, 4) is 17.3 Å². The van der Waals surface area contributed by atoms with E-state index in [9.17, 15) is 5.26 Å². The van der Waals surface area contributed by atoms with Gasteiger partial charge >= 0.3 is 0 Å². The summed E-state index contributed by atoms with van der Waals surface area (Å²) in [6, 6.07) is 14.8. The summed E-state index contributed by atoms with van der Waals surface area (Å²) in [6.07, 6.45) is 8.22. The molecule has 0 saturated heterocycles. The van der Waals surface area contributed by atoms with Gasteiger partial charge in [0.1, 0.15) is 11.9 Å². The van der Waals surface area contributed by atoms with Gasteiger partial charge in [-0.15, -0.1) is 0 Å². The van der Waals surface area contributed by atoms with Gasteiger partial charge in [-0.1, -0.05) is 32.0 Å². The molecule has 2 N–H and O–H groups in total. The van der Waals surface area contributed by atoms with Crippen LogP contribution >= 0.6 is 0 Å². The number of anilines is 1. The lowest BCUT2D eigenvalue weighted by molar-refractivity contribution is 0.603. The molecule has 34 heavy (non-hydrogen) atoms. The Bertz CT molecular complexity index is 1570. The highest BCUT2D eigenvalue weighted by Gasteiger charge is 2.24. The molecule has 1 aliphatic carbocycles. The minimum absolute atomic E-state index is 0.278. The van der Waals surface area contributed by atoms with Gasteiger partial charge in [0, 0.05) is 52.2 Å². The number of aromatic nitrogens is 5. The summed E-state index contributed by atoms with van der Waals surface area (Å²) in [4.78, 5) is 12.8. The molecule has 7 heteroatoms. The van der Waals surface area contributed by atoms with Crippen LogP contribution in [-0.2, 0) is 12.8 Å². The lowest BCUT2D eigenvalue weighted by Crippen LogP contribution is -2.28. The number of para-hydroxylation sites is 1. The van der Waals surface area contributed by atoms with E-state index in [1.807, 2.05) is 22.8 Å². The molecule has 0 amide bonds. The maximum Gasteiger partial charge on any atom is 0.161 e. The van der Waals surface area contributed by atoms with Gasteiger partial charge < -0.3 is 10.3 Å². The van der Waals surface area contributed by atoms with E-state index >= 15 is 0 Å². The smallest absolute Gasteiger partial charge is 0.161 e. The Labute approximate surface area is 197 Å². The molecule has 0 unspecified atom stereocenters. The van der Waals surface area contributed by atoms with Crippen molar-refractivity contribution in [1.82, 2.24) is 24.6 Å². The molecular weight excluding hydrogens is 422 g/mol. The molecule has 7 nitrogen and oxygen atoms in total. The number of aromatic amines is 1. The van der Waals surface area contributed by atoms with Crippen LogP contribution in [0.25, 0.3) is 27.8 Å². The lowest BCUT2D eigenvalue weighted by atomic mass is 9.91. The van der Waals surface area contributed by atoms with Crippen molar-refractivity contribution < 1.29 is 0 Å². The van der Waals surface area contributed by atoms with Gasteiger partial charge in [0.2, 0.25) is 0 Å². The van der Waals surface area contributed by atoms with E-state index in [0.29, 0.717) is 11.5 Å². The van der Waals surface area contributed by atoms with Crippen LogP contribution < -0.4 is 5.32 Å². The first-order valence-corrected chi connectivity index (χ1v) is 11.7. The maximum absolute atomic E-state index is 9.33. The second kappa shape index (κ2) is 7.99. The minimum atomic E-state index is 0.278. The summed E-state index contributed by atoms with van der Waals surface area (Å²) in [5.41, 5.74) is 8.01. The van der Waals surface area contributed by atoms with Crippen LogP contribution in [0.2, 0.25) is 0 Å². The van der Waals surface area contributed by atoms with E-state index in [-0.39, 0.29) is 6.04 Å². The molecule has 168 valence electrons. The number of aryl methyl sites for hydroxylation is 1.